The third kappa shape index (κ3) is 5.29. The van der Waals surface area contributed by atoms with Crippen LogP contribution in [0.25, 0.3) is 39.0 Å². The van der Waals surface area contributed by atoms with Gasteiger partial charge in [0.2, 0.25) is 0 Å². The highest BCUT2D eigenvalue weighted by Gasteiger charge is 2.44. The summed E-state index contributed by atoms with van der Waals surface area (Å²) < 4.78 is 52.6. The van der Waals surface area contributed by atoms with Crippen LogP contribution in [0, 0.1) is 28.9 Å². The van der Waals surface area contributed by atoms with Gasteiger partial charge in [0.15, 0.2) is 11.6 Å². The average Bonchev–Trinajstić information content (AvgIpc) is 3.36. The normalized spacial score (nSPS) is 17.5. The van der Waals surface area contributed by atoms with Crippen molar-refractivity contribution in [1.29, 1.82) is 0 Å². The molecule has 2 fully saturated rings. The van der Waals surface area contributed by atoms with Gasteiger partial charge in [-0.15, -0.1) is 11.3 Å². The van der Waals surface area contributed by atoms with E-state index in [-0.39, 0.29) is 70.0 Å². The van der Waals surface area contributed by atoms with Gasteiger partial charge in [0.05, 0.1) is 35.8 Å². The fraction of sp³-hybridized carbons (Fsp3) is 0.206. The SMILES string of the molecule is C#Cc1c(F)ccc2cc(N=O)cc(-c3ncc4c(N5CC6CCC(C5)N6C(=O)/C(F)=C/c5ccc(Br)cn5)nc(OC)nc4c3F)c12. The topological polar surface area (TPSA) is 114 Å². The largest absolute Gasteiger partial charge is 0.467 e. The lowest BCUT2D eigenvalue weighted by Gasteiger charge is -2.41. The van der Waals surface area contributed by atoms with E-state index in [1.54, 1.807) is 17.0 Å². The van der Waals surface area contributed by atoms with Gasteiger partial charge in [-0.1, -0.05) is 12.0 Å². The summed E-state index contributed by atoms with van der Waals surface area (Å²) in [5.41, 5.74) is -0.149. The molecule has 0 aliphatic carbocycles. The van der Waals surface area contributed by atoms with Crippen LogP contribution in [-0.4, -0.2) is 63.0 Å². The summed E-state index contributed by atoms with van der Waals surface area (Å²) in [7, 11) is 1.34. The molecule has 2 unspecified atom stereocenters. The number of hydrogen-bond donors (Lipinski definition) is 0. The van der Waals surface area contributed by atoms with Crippen molar-refractivity contribution in [2.45, 2.75) is 24.9 Å². The molecule has 5 heterocycles. The molecule has 0 radical (unpaired) electrons. The number of ether oxygens (including phenoxy) is 1. The van der Waals surface area contributed by atoms with E-state index < -0.39 is 23.4 Å². The number of amides is 1. The fourth-order valence-corrected chi connectivity index (χ4v) is 6.78. The molecule has 48 heavy (non-hydrogen) atoms. The molecule has 2 saturated heterocycles. The van der Waals surface area contributed by atoms with Crippen molar-refractivity contribution in [1.82, 2.24) is 24.8 Å². The second-order valence-corrected chi connectivity index (χ2v) is 12.3. The van der Waals surface area contributed by atoms with Crippen LogP contribution in [-0.2, 0) is 4.79 Å². The highest BCUT2D eigenvalue weighted by Crippen LogP contribution is 2.40. The van der Waals surface area contributed by atoms with E-state index in [0.29, 0.717) is 29.7 Å². The quantitative estimate of drug-likeness (QED) is 0.107. The van der Waals surface area contributed by atoms with Crippen LogP contribution in [0.4, 0.5) is 24.7 Å². The average molecular weight is 715 g/mol. The molecule has 3 aromatic heterocycles. The number of halogens is 4. The van der Waals surface area contributed by atoms with Crippen LogP contribution in [0.2, 0.25) is 0 Å². The number of nitrogens with zero attached hydrogens (tertiary/aromatic N) is 7. The molecule has 1 amide bonds. The third-order valence-electron chi connectivity index (χ3n) is 8.63. The van der Waals surface area contributed by atoms with Crippen molar-refractivity contribution in [2.24, 2.45) is 5.18 Å². The molecule has 0 N–H and O–H groups in total. The maximum atomic E-state index is 16.6. The highest BCUT2D eigenvalue weighted by atomic mass is 79.9. The molecule has 7 rings (SSSR count). The number of rotatable bonds is 6. The van der Waals surface area contributed by atoms with E-state index in [1.807, 2.05) is 4.90 Å². The van der Waals surface area contributed by atoms with Gasteiger partial charge in [-0.2, -0.15) is 9.97 Å². The molecular weight excluding hydrogens is 691 g/mol. The Hall–Kier alpha value is -5.42. The van der Waals surface area contributed by atoms with E-state index >= 15 is 8.78 Å². The number of terminal acetylenes is 1. The van der Waals surface area contributed by atoms with E-state index in [0.717, 1.165) is 16.6 Å². The van der Waals surface area contributed by atoms with E-state index in [9.17, 15) is 14.1 Å². The lowest BCUT2D eigenvalue weighted by molar-refractivity contribution is -0.131. The Kier molecular flexibility index (Phi) is 8.00. The Bertz CT molecular complexity index is 2210. The number of benzene rings is 2. The molecule has 14 heteroatoms. The molecule has 240 valence electrons. The minimum atomic E-state index is -0.919. The van der Waals surface area contributed by atoms with Gasteiger partial charge in [0.1, 0.15) is 28.5 Å². The summed E-state index contributed by atoms with van der Waals surface area (Å²) in [4.78, 5) is 45.6. The number of carbonyl (C=O) groups excluding carboxylic acids is 1. The minimum absolute atomic E-state index is 0.0309. The zero-order chi connectivity index (χ0) is 33.7. The van der Waals surface area contributed by atoms with Crippen molar-refractivity contribution >= 4 is 61.1 Å². The Morgan fingerprint density at radius 3 is 2.54 bits per heavy atom. The van der Waals surface area contributed by atoms with Crippen LogP contribution < -0.4 is 9.64 Å². The van der Waals surface area contributed by atoms with Gasteiger partial charge in [-0.25, -0.2) is 13.2 Å². The molecule has 2 aliphatic rings. The van der Waals surface area contributed by atoms with E-state index in [2.05, 4.69) is 47.0 Å². The molecule has 10 nitrogen and oxygen atoms in total. The summed E-state index contributed by atoms with van der Waals surface area (Å²) in [6.45, 7) is 0.570. The second kappa shape index (κ2) is 12.3. The smallest absolute Gasteiger partial charge is 0.318 e. The summed E-state index contributed by atoms with van der Waals surface area (Å²) in [6.07, 6.45) is 10.9. The van der Waals surface area contributed by atoms with E-state index in [4.69, 9.17) is 11.2 Å². The standard InChI is InChI=1S/C34H23BrF3N7O3/c1-3-23-26(36)9-4-17-10-20(43-47)11-24(28(17)23)30-29(38)31-25(14-40-30)32(42-34(41-31)48-2)44-15-21-7-8-22(16-44)45(21)33(46)27(37)12-19-6-5-18(35)13-39-19/h1,4-6,9-14,21-22H,7-8,15-16H2,2H3/b27-12-. The van der Waals surface area contributed by atoms with Crippen molar-refractivity contribution in [3.8, 4) is 29.6 Å². The lowest BCUT2D eigenvalue weighted by atomic mass is 9.95. The number of nitroso groups, excluding NO2 is 1. The monoisotopic (exact) mass is 713 g/mol. The molecule has 5 aromatic rings. The first-order chi connectivity index (χ1) is 23.2. The van der Waals surface area contributed by atoms with Gasteiger partial charge >= 0.3 is 6.01 Å². The van der Waals surface area contributed by atoms with Gasteiger partial charge in [0.25, 0.3) is 5.91 Å². The number of hydrogen-bond acceptors (Lipinski definition) is 9. The number of aromatic nitrogens is 4. The van der Waals surface area contributed by atoms with Gasteiger partial charge in [-0.3, -0.25) is 14.8 Å². The first-order valence-electron chi connectivity index (χ1n) is 14.7. The zero-order valence-corrected chi connectivity index (χ0v) is 26.7. The highest BCUT2D eigenvalue weighted by molar-refractivity contribution is 9.10. The summed E-state index contributed by atoms with van der Waals surface area (Å²) >= 11 is 3.28. The molecule has 2 bridgehead atoms. The fourth-order valence-electron chi connectivity index (χ4n) is 6.54. The second-order valence-electron chi connectivity index (χ2n) is 11.4. The maximum Gasteiger partial charge on any atom is 0.318 e. The zero-order valence-electron chi connectivity index (χ0n) is 25.1. The van der Waals surface area contributed by atoms with Crippen molar-refractivity contribution in [3.05, 3.63) is 86.9 Å². The Balaban J connectivity index is 1.27. The van der Waals surface area contributed by atoms with Crippen molar-refractivity contribution < 1.29 is 22.7 Å². The first-order valence-corrected chi connectivity index (χ1v) is 15.5. The number of pyridine rings is 2. The van der Waals surface area contributed by atoms with Crippen LogP contribution in [0.5, 0.6) is 6.01 Å². The summed E-state index contributed by atoms with van der Waals surface area (Å²) in [5, 5.41) is 3.81. The first kappa shape index (κ1) is 31.2. The molecule has 0 saturated carbocycles. The van der Waals surface area contributed by atoms with Gasteiger partial charge < -0.3 is 14.5 Å². The van der Waals surface area contributed by atoms with E-state index in [1.165, 1.54) is 37.7 Å². The van der Waals surface area contributed by atoms with Gasteiger partial charge in [-0.05, 0) is 69.7 Å². The Labute approximate surface area is 279 Å². The molecule has 0 spiro atoms. The Morgan fingerprint density at radius 1 is 1.10 bits per heavy atom. The van der Waals surface area contributed by atoms with Gasteiger partial charge in [0, 0.05) is 47.0 Å². The van der Waals surface area contributed by atoms with Crippen LogP contribution >= 0.6 is 15.9 Å². The predicted octanol–water partition coefficient (Wildman–Crippen LogP) is 6.86. The molecule has 2 aromatic carbocycles. The maximum absolute atomic E-state index is 16.6. The minimum Gasteiger partial charge on any atom is -0.467 e. The third-order valence-corrected chi connectivity index (χ3v) is 9.10. The molecule has 2 aliphatic heterocycles. The number of carbonyl (C=O) groups is 1. The number of anilines is 1. The van der Waals surface area contributed by atoms with Crippen molar-refractivity contribution in [3.63, 3.8) is 0 Å². The summed E-state index contributed by atoms with van der Waals surface area (Å²) in [6, 6.07) is 7.79. The van der Waals surface area contributed by atoms with Crippen LogP contribution in [0.15, 0.2) is 64.3 Å². The van der Waals surface area contributed by atoms with Crippen molar-refractivity contribution in [2.75, 3.05) is 25.1 Å². The Morgan fingerprint density at radius 2 is 1.88 bits per heavy atom. The van der Waals surface area contributed by atoms with Crippen LogP contribution in [0.3, 0.4) is 0 Å². The molecule has 2 atom stereocenters. The van der Waals surface area contributed by atoms with Crippen LogP contribution in [0.1, 0.15) is 24.1 Å². The number of fused-ring (bicyclic) bond motifs is 4. The number of piperazine rings is 1. The predicted molar refractivity (Wildman–Crippen MR) is 177 cm³/mol. The molecular formula is C34H23BrF3N7O3. The number of methoxy groups -OCH3 is 1. The summed E-state index contributed by atoms with van der Waals surface area (Å²) in [5.74, 6) is -0.589. The lowest BCUT2D eigenvalue weighted by Crippen LogP contribution is -2.56.